The van der Waals surface area contributed by atoms with E-state index in [2.05, 4.69) is 44.4 Å². The smallest absolute Gasteiger partial charge is 0.229 e. The highest BCUT2D eigenvalue weighted by atomic mass is 16.5. The van der Waals surface area contributed by atoms with Crippen molar-refractivity contribution in [1.29, 1.82) is 5.41 Å². The zero-order valence-corrected chi connectivity index (χ0v) is 17.7. The number of amidine groups is 1. The van der Waals surface area contributed by atoms with E-state index in [0.717, 1.165) is 55.5 Å². The number of nitrogens with one attached hydrogen (secondary N) is 1. The Morgan fingerprint density at radius 2 is 2.10 bits per heavy atom. The number of rotatable bonds is 8. The van der Waals surface area contributed by atoms with Gasteiger partial charge in [0.15, 0.2) is 0 Å². The van der Waals surface area contributed by atoms with E-state index >= 15 is 0 Å². The molecule has 8 nitrogen and oxygen atoms in total. The van der Waals surface area contributed by atoms with Crippen LogP contribution in [0.2, 0.25) is 0 Å². The highest BCUT2D eigenvalue weighted by molar-refractivity contribution is 5.76. The summed E-state index contributed by atoms with van der Waals surface area (Å²) in [5, 5.41) is 20.5. The Morgan fingerprint density at radius 1 is 1.27 bits per heavy atom. The number of aromatic nitrogens is 5. The first-order valence-electron chi connectivity index (χ1n) is 10.7. The molecule has 0 spiro atoms. The molecule has 3 heterocycles. The number of hydrogen-bond donors (Lipinski definition) is 1. The molecule has 0 saturated carbocycles. The van der Waals surface area contributed by atoms with Crippen molar-refractivity contribution in [3.8, 4) is 11.4 Å². The highest BCUT2D eigenvalue weighted by Crippen LogP contribution is 2.23. The van der Waals surface area contributed by atoms with Crippen molar-refractivity contribution in [2.24, 2.45) is 0 Å². The fourth-order valence-electron chi connectivity index (χ4n) is 3.98. The molecule has 1 saturated heterocycles. The molecule has 3 aromatic rings. The number of aryl methyl sites for hydroxylation is 1. The Hall–Kier alpha value is -3.03. The van der Waals surface area contributed by atoms with E-state index in [0.29, 0.717) is 30.5 Å². The van der Waals surface area contributed by atoms with E-state index in [1.807, 2.05) is 29.9 Å². The molecule has 1 fully saturated rings. The van der Waals surface area contributed by atoms with Crippen molar-refractivity contribution in [2.75, 3.05) is 6.54 Å². The molecule has 0 radical (unpaired) electrons. The average Bonchev–Trinajstić information content (AvgIpc) is 3.49. The van der Waals surface area contributed by atoms with Crippen molar-refractivity contribution in [1.82, 2.24) is 30.0 Å². The van der Waals surface area contributed by atoms with Crippen LogP contribution in [0.15, 0.2) is 35.0 Å². The second kappa shape index (κ2) is 9.19. The minimum Gasteiger partial charge on any atom is -0.357 e. The van der Waals surface area contributed by atoms with Crippen molar-refractivity contribution in [3.63, 3.8) is 0 Å². The number of hydrogen-bond acceptors (Lipinski definition) is 6. The second-order valence-electron chi connectivity index (χ2n) is 8.00. The quantitative estimate of drug-likeness (QED) is 0.451. The molecule has 158 valence electrons. The Kier molecular flexibility index (Phi) is 6.21. The summed E-state index contributed by atoms with van der Waals surface area (Å²) in [5.74, 6) is 1.85. The molecule has 1 N–H and O–H groups in total. The van der Waals surface area contributed by atoms with Gasteiger partial charge >= 0.3 is 0 Å². The second-order valence-corrected chi connectivity index (χ2v) is 8.00. The Balaban J connectivity index is 1.37. The third kappa shape index (κ3) is 4.75. The molecule has 0 bridgehead atoms. The highest BCUT2D eigenvalue weighted by Gasteiger charge is 2.27. The van der Waals surface area contributed by atoms with Crippen LogP contribution < -0.4 is 0 Å². The van der Waals surface area contributed by atoms with Gasteiger partial charge in [-0.25, -0.2) is 4.68 Å². The molecular formula is C22H29N7O. The van der Waals surface area contributed by atoms with Gasteiger partial charge in [-0.15, -0.1) is 5.10 Å². The molecule has 4 rings (SSSR count). The molecule has 1 aliphatic rings. The fourth-order valence-corrected chi connectivity index (χ4v) is 3.98. The minimum absolute atomic E-state index is 0.281. The molecule has 1 atom stereocenters. The monoisotopic (exact) mass is 407 g/mol. The number of unbranched alkanes of at least 4 members (excludes halogenated alkanes) is 1. The Labute approximate surface area is 176 Å². The lowest BCUT2D eigenvalue weighted by Gasteiger charge is -2.23. The lowest BCUT2D eigenvalue weighted by atomic mass is 10.1. The van der Waals surface area contributed by atoms with Crippen LogP contribution in [0.1, 0.15) is 56.7 Å². The minimum atomic E-state index is 0.281. The Bertz CT molecular complexity index is 976. The van der Waals surface area contributed by atoms with Crippen LogP contribution in [-0.2, 0) is 19.4 Å². The van der Waals surface area contributed by atoms with Crippen LogP contribution in [0.4, 0.5) is 0 Å². The first-order valence-corrected chi connectivity index (χ1v) is 10.7. The fraction of sp³-hybridized carbons (Fsp3) is 0.500. The largest absolute Gasteiger partial charge is 0.357 e. The van der Waals surface area contributed by atoms with Crippen LogP contribution in [0.3, 0.4) is 0 Å². The van der Waals surface area contributed by atoms with Gasteiger partial charge in [0.2, 0.25) is 11.7 Å². The average molecular weight is 408 g/mol. The first-order chi connectivity index (χ1) is 14.6. The van der Waals surface area contributed by atoms with Crippen LogP contribution in [-0.4, -0.2) is 48.5 Å². The van der Waals surface area contributed by atoms with E-state index in [1.165, 1.54) is 0 Å². The Morgan fingerprint density at radius 3 is 2.87 bits per heavy atom. The summed E-state index contributed by atoms with van der Waals surface area (Å²) in [7, 11) is 0. The van der Waals surface area contributed by atoms with Crippen LogP contribution in [0, 0.1) is 5.41 Å². The molecule has 8 heteroatoms. The summed E-state index contributed by atoms with van der Waals surface area (Å²) in [6, 6.07) is 8.44. The summed E-state index contributed by atoms with van der Waals surface area (Å²) in [4.78, 5) is 6.70. The van der Waals surface area contributed by atoms with E-state index in [1.54, 1.807) is 0 Å². The summed E-state index contributed by atoms with van der Waals surface area (Å²) in [5.41, 5.74) is 3.13. The predicted octanol–water partition coefficient (Wildman–Crippen LogP) is 3.72. The van der Waals surface area contributed by atoms with Gasteiger partial charge in [0.25, 0.3) is 0 Å². The lowest BCUT2D eigenvalue weighted by molar-refractivity contribution is 0.321. The maximum atomic E-state index is 7.91. The van der Waals surface area contributed by atoms with Gasteiger partial charge < -0.3 is 9.42 Å². The number of nitrogens with zero attached hydrogens (tertiary/aromatic N) is 6. The molecule has 1 aliphatic heterocycles. The van der Waals surface area contributed by atoms with Crippen molar-refractivity contribution < 1.29 is 4.52 Å². The summed E-state index contributed by atoms with van der Waals surface area (Å²) < 4.78 is 7.37. The van der Waals surface area contributed by atoms with Crippen molar-refractivity contribution >= 4 is 5.84 Å². The summed E-state index contributed by atoms with van der Waals surface area (Å²) in [6.07, 6.45) is 8.16. The van der Waals surface area contributed by atoms with Crippen molar-refractivity contribution in [2.45, 2.75) is 65.0 Å². The zero-order chi connectivity index (χ0) is 20.9. The molecule has 0 aliphatic carbocycles. The van der Waals surface area contributed by atoms with E-state index in [-0.39, 0.29) is 6.04 Å². The number of likely N-dealkylation sites (tertiary alicyclic amines) is 1. The predicted molar refractivity (Wildman–Crippen MR) is 114 cm³/mol. The molecule has 1 aromatic carbocycles. The van der Waals surface area contributed by atoms with Gasteiger partial charge in [-0.05, 0) is 38.2 Å². The van der Waals surface area contributed by atoms with Gasteiger partial charge in [0.1, 0.15) is 0 Å². The van der Waals surface area contributed by atoms with Gasteiger partial charge in [0.05, 0.1) is 18.1 Å². The van der Waals surface area contributed by atoms with Gasteiger partial charge in [-0.2, -0.15) is 4.98 Å². The van der Waals surface area contributed by atoms with E-state index < -0.39 is 0 Å². The first kappa shape index (κ1) is 20.3. The van der Waals surface area contributed by atoms with Crippen LogP contribution in [0.5, 0.6) is 0 Å². The third-order valence-electron chi connectivity index (χ3n) is 5.62. The summed E-state index contributed by atoms with van der Waals surface area (Å²) in [6.45, 7) is 5.65. The maximum absolute atomic E-state index is 7.91. The van der Waals surface area contributed by atoms with Crippen LogP contribution >= 0.6 is 0 Å². The lowest BCUT2D eigenvalue weighted by Crippen LogP contribution is -2.34. The van der Waals surface area contributed by atoms with E-state index in [4.69, 9.17) is 9.93 Å². The van der Waals surface area contributed by atoms with Crippen molar-refractivity contribution in [3.05, 3.63) is 47.6 Å². The van der Waals surface area contributed by atoms with Gasteiger partial charge in [0, 0.05) is 30.8 Å². The van der Waals surface area contributed by atoms with Crippen LogP contribution in [0.25, 0.3) is 11.4 Å². The number of benzene rings is 1. The molecular weight excluding hydrogens is 378 g/mol. The third-order valence-corrected chi connectivity index (χ3v) is 5.62. The van der Waals surface area contributed by atoms with Gasteiger partial charge in [-0.1, -0.05) is 48.0 Å². The summed E-state index contributed by atoms with van der Waals surface area (Å²) >= 11 is 0. The standard InChI is InChI=1S/C22H29N7O/c1-3-4-6-19-15-28(27-25-19)14-17-8-10-18(11-9-17)22-24-21(30-26-22)13-20-7-5-12-29(20)16(2)23/h8-11,15,20,23H,3-7,12-14H2,1-2H3. The molecule has 2 aromatic heterocycles. The zero-order valence-electron chi connectivity index (χ0n) is 17.7. The molecule has 0 amide bonds. The molecule has 1 unspecified atom stereocenters. The normalized spacial score (nSPS) is 16.3. The van der Waals surface area contributed by atoms with E-state index in [9.17, 15) is 0 Å². The van der Waals surface area contributed by atoms with Gasteiger partial charge in [-0.3, -0.25) is 5.41 Å². The SMILES string of the molecule is CCCCc1cn(Cc2ccc(-c3noc(CC4CCCN4C(C)=N)n3)cc2)nn1. The topological polar surface area (TPSA) is 96.7 Å². The molecule has 30 heavy (non-hydrogen) atoms. The maximum Gasteiger partial charge on any atom is 0.229 e.